The van der Waals surface area contributed by atoms with Crippen LogP contribution in [-0.2, 0) is 9.53 Å². The van der Waals surface area contributed by atoms with Gasteiger partial charge in [-0.2, -0.15) is 0 Å². The van der Waals surface area contributed by atoms with Gasteiger partial charge >= 0.3 is 5.97 Å². The van der Waals surface area contributed by atoms with E-state index >= 15 is 0 Å². The van der Waals surface area contributed by atoms with Crippen LogP contribution in [0, 0.1) is 17.6 Å². The van der Waals surface area contributed by atoms with Crippen LogP contribution in [0.3, 0.4) is 0 Å². The van der Waals surface area contributed by atoms with Crippen molar-refractivity contribution >= 4 is 21.9 Å². The lowest BCUT2D eigenvalue weighted by molar-refractivity contribution is -0.143. The summed E-state index contributed by atoms with van der Waals surface area (Å²) < 4.78 is 32.5. The fraction of sp³-hybridized carbons (Fsp3) is 0.500. The van der Waals surface area contributed by atoms with Crippen molar-refractivity contribution in [2.24, 2.45) is 5.92 Å². The van der Waals surface area contributed by atoms with E-state index in [4.69, 9.17) is 4.74 Å². The van der Waals surface area contributed by atoms with Crippen LogP contribution in [-0.4, -0.2) is 13.1 Å². The van der Waals surface area contributed by atoms with E-state index in [1.54, 1.807) is 0 Å². The number of esters is 1. The molecule has 0 amide bonds. The Kier molecular flexibility index (Phi) is 4.55. The molecule has 0 radical (unpaired) electrons. The SMILES string of the molecule is COC(=O)C(c1cc(F)c(Br)cc1F)C1CCCC1. The molecule has 1 aromatic rings. The highest BCUT2D eigenvalue weighted by Gasteiger charge is 2.35. The van der Waals surface area contributed by atoms with Gasteiger partial charge in [0.05, 0.1) is 17.5 Å². The Bertz CT molecular complexity index is 485. The quantitative estimate of drug-likeness (QED) is 0.613. The van der Waals surface area contributed by atoms with Crippen LogP contribution in [0.15, 0.2) is 16.6 Å². The minimum absolute atomic E-state index is 0.0301. The maximum atomic E-state index is 14.0. The van der Waals surface area contributed by atoms with E-state index in [1.807, 2.05) is 0 Å². The predicted molar refractivity (Wildman–Crippen MR) is 70.8 cm³/mol. The van der Waals surface area contributed by atoms with Gasteiger partial charge in [-0.1, -0.05) is 12.8 Å². The second-order valence-electron chi connectivity index (χ2n) is 4.83. The van der Waals surface area contributed by atoms with E-state index in [-0.39, 0.29) is 16.0 Å². The van der Waals surface area contributed by atoms with Gasteiger partial charge in [0, 0.05) is 5.56 Å². The molecule has 0 heterocycles. The molecule has 1 unspecified atom stereocenters. The number of benzene rings is 1. The van der Waals surface area contributed by atoms with E-state index < -0.39 is 23.5 Å². The number of carbonyl (C=O) groups is 1. The summed E-state index contributed by atoms with van der Waals surface area (Å²) in [5, 5.41) is 0. The maximum Gasteiger partial charge on any atom is 0.313 e. The highest BCUT2D eigenvalue weighted by molar-refractivity contribution is 9.10. The molecule has 1 fully saturated rings. The second-order valence-corrected chi connectivity index (χ2v) is 5.69. The van der Waals surface area contributed by atoms with Crippen molar-refractivity contribution in [1.29, 1.82) is 0 Å². The Morgan fingerprint density at radius 2 is 1.95 bits per heavy atom. The molecule has 0 aromatic heterocycles. The summed E-state index contributed by atoms with van der Waals surface area (Å²) in [6.45, 7) is 0. The predicted octanol–water partition coefficient (Wildman–Crippen LogP) is 4.17. The first-order chi connectivity index (χ1) is 9.04. The van der Waals surface area contributed by atoms with Crippen molar-refractivity contribution in [2.45, 2.75) is 31.6 Å². The Labute approximate surface area is 119 Å². The van der Waals surface area contributed by atoms with Gasteiger partial charge in [0.1, 0.15) is 11.6 Å². The van der Waals surface area contributed by atoms with Crippen LogP contribution in [0.25, 0.3) is 0 Å². The van der Waals surface area contributed by atoms with Gasteiger partial charge in [0.15, 0.2) is 0 Å². The van der Waals surface area contributed by atoms with Crippen molar-refractivity contribution in [3.63, 3.8) is 0 Å². The molecular weight excluding hydrogens is 318 g/mol. The second kappa shape index (κ2) is 5.99. The van der Waals surface area contributed by atoms with Crippen LogP contribution in [0.5, 0.6) is 0 Å². The zero-order valence-corrected chi connectivity index (χ0v) is 12.2. The van der Waals surface area contributed by atoms with E-state index in [9.17, 15) is 13.6 Å². The topological polar surface area (TPSA) is 26.3 Å². The number of ether oxygens (including phenoxy) is 1. The molecular formula is C14H15BrF2O2. The Morgan fingerprint density at radius 3 is 2.53 bits per heavy atom. The average molecular weight is 333 g/mol. The van der Waals surface area contributed by atoms with Crippen LogP contribution in [0.2, 0.25) is 0 Å². The summed E-state index contributed by atoms with van der Waals surface area (Å²) in [5.74, 6) is -2.32. The molecule has 2 rings (SSSR count). The van der Waals surface area contributed by atoms with Crippen LogP contribution in [0.4, 0.5) is 8.78 Å². The number of hydrogen-bond acceptors (Lipinski definition) is 2. The molecule has 0 saturated heterocycles. The zero-order chi connectivity index (χ0) is 14.0. The molecule has 1 aliphatic carbocycles. The Hall–Kier alpha value is -0.970. The van der Waals surface area contributed by atoms with Gasteiger partial charge in [-0.25, -0.2) is 8.78 Å². The lowest BCUT2D eigenvalue weighted by Crippen LogP contribution is -2.22. The molecule has 19 heavy (non-hydrogen) atoms. The summed E-state index contributed by atoms with van der Waals surface area (Å²) in [7, 11) is 1.28. The summed E-state index contributed by atoms with van der Waals surface area (Å²) in [5.41, 5.74) is 0.0967. The lowest BCUT2D eigenvalue weighted by Gasteiger charge is -2.22. The van der Waals surface area contributed by atoms with Gasteiger partial charge in [0.2, 0.25) is 0 Å². The smallest absolute Gasteiger partial charge is 0.313 e. The highest BCUT2D eigenvalue weighted by Crippen LogP contribution is 2.39. The fourth-order valence-corrected chi connectivity index (χ4v) is 3.08. The van der Waals surface area contributed by atoms with Crippen molar-refractivity contribution in [3.8, 4) is 0 Å². The molecule has 0 spiro atoms. The molecule has 104 valence electrons. The van der Waals surface area contributed by atoms with Gasteiger partial charge in [-0.3, -0.25) is 4.79 Å². The van der Waals surface area contributed by atoms with Gasteiger partial charge in [-0.15, -0.1) is 0 Å². The van der Waals surface area contributed by atoms with Crippen LogP contribution >= 0.6 is 15.9 Å². The molecule has 1 aliphatic rings. The molecule has 2 nitrogen and oxygen atoms in total. The summed E-state index contributed by atoms with van der Waals surface area (Å²) in [6, 6.07) is 2.16. The van der Waals surface area contributed by atoms with Crippen LogP contribution < -0.4 is 0 Å². The lowest BCUT2D eigenvalue weighted by atomic mass is 9.84. The molecule has 1 atom stereocenters. The van der Waals surface area contributed by atoms with Crippen LogP contribution in [0.1, 0.15) is 37.2 Å². The first-order valence-electron chi connectivity index (χ1n) is 6.27. The number of carbonyl (C=O) groups excluding carboxylic acids is 1. The monoisotopic (exact) mass is 332 g/mol. The van der Waals surface area contributed by atoms with E-state index in [1.165, 1.54) is 7.11 Å². The minimum Gasteiger partial charge on any atom is -0.469 e. The molecule has 0 bridgehead atoms. The fourth-order valence-electron chi connectivity index (χ4n) is 2.77. The number of hydrogen-bond donors (Lipinski definition) is 0. The van der Waals surface area contributed by atoms with Gasteiger partial charge in [-0.05, 0) is 46.8 Å². The Morgan fingerprint density at radius 1 is 1.32 bits per heavy atom. The average Bonchev–Trinajstić information content (AvgIpc) is 2.89. The summed E-state index contributed by atoms with van der Waals surface area (Å²) in [4.78, 5) is 11.9. The maximum absolute atomic E-state index is 14.0. The number of methoxy groups -OCH3 is 1. The third kappa shape index (κ3) is 2.96. The molecule has 1 aromatic carbocycles. The third-order valence-corrected chi connectivity index (χ3v) is 4.31. The standard InChI is InChI=1S/C14H15BrF2O2/c1-19-14(18)13(8-4-2-3-5-8)9-6-12(17)10(15)7-11(9)16/h6-8,13H,2-5H2,1H3. The number of halogens is 3. The van der Waals surface area contributed by atoms with E-state index in [0.29, 0.717) is 0 Å². The van der Waals surface area contributed by atoms with Gasteiger partial charge in [0.25, 0.3) is 0 Å². The van der Waals surface area contributed by atoms with Crippen molar-refractivity contribution in [3.05, 3.63) is 33.8 Å². The first-order valence-corrected chi connectivity index (χ1v) is 7.06. The molecule has 0 N–H and O–H groups in total. The highest BCUT2D eigenvalue weighted by atomic mass is 79.9. The minimum atomic E-state index is -0.713. The van der Waals surface area contributed by atoms with Crippen molar-refractivity contribution in [1.82, 2.24) is 0 Å². The molecule has 1 saturated carbocycles. The summed E-state index contributed by atoms with van der Waals surface area (Å²) in [6.07, 6.45) is 3.71. The third-order valence-electron chi connectivity index (χ3n) is 3.70. The number of rotatable bonds is 3. The molecule has 0 aliphatic heterocycles. The normalized spacial score (nSPS) is 17.5. The Balaban J connectivity index is 2.42. The van der Waals surface area contributed by atoms with E-state index in [0.717, 1.165) is 37.8 Å². The van der Waals surface area contributed by atoms with E-state index in [2.05, 4.69) is 15.9 Å². The molecule has 5 heteroatoms. The largest absolute Gasteiger partial charge is 0.469 e. The van der Waals surface area contributed by atoms with Gasteiger partial charge < -0.3 is 4.74 Å². The summed E-state index contributed by atoms with van der Waals surface area (Å²) >= 11 is 2.94. The zero-order valence-electron chi connectivity index (χ0n) is 10.6. The van der Waals surface area contributed by atoms with Crippen molar-refractivity contribution < 1.29 is 18.3 Å². The van der Waals surface area contributed by atoms with Crippen molar-refractivity contribution in [2.75, 3.05) is 7.11 Å². The first kappa shape index (κ1) is 14.4.